The molecule has 7 heteroatoms. The van der Waals surface area contributed by atoms with Crippen LogP contribution in [0.2, 0.25) is 5.02 Å². The van der Waals surface area contributed by atoms with Crippen molar-refractivity contribution in [3.8, 4) is 0 Å². The number of alkyl carbamates (subject to hydrolysis) is 1. The van der Waals surface area contributed by atoms with Gasteiger partial charge in [0.2, 0.25) is 0 Å². The molecule has 0 radical (unpaired) electrons. The van der Waals surface area contributed by atoms with Crippen molar-refractivity contribution in [3.63, 3.8) is 0 Å². The van der Waals surface area contributed by atoms with Gasteiger partial charge in [0.1, 0.15) is 0 Å². The van der Waals surface area contributed by atoms with E-state index in [1.165, 1.54) is 7.11 Å². The number of halogens is 2. The molecule has 1 atom stereocenters. The fourth-order valence-electron chi connectivity index (χ4n) is 2.10. The average Bonchev–Trinajstić information content (AvgIpc) is 2.89. The van der Waals surface area contributed by atoms with Crippen LogP contribution in [-0.4, -0.2) is 43.1 Å². The van der Waals surface area contributed by atoms with Crippen LogP contribution in [0.5, 0.6) is 0 Å². The Balaban J connectivity index is 2.00. The summed E-state index contributed by atoms with van der Waals surface area (Å²) in [6.07, 6.45) is 0.244. The molecule has 2 amide bonds. The number of hydrogen-bond acceptors (Lipinski definition) is 3. The number of hydrogen-bond donors (Lipinski definition) is 1. The van der Waals surface area contributed by atoms with Crippen molar-refractivity contribution in [1.82, 2.24) is 10.2 Å². The fraction of sp³-hybridized carbons (Fsp3) is 0.385. The largest absolute Gasteiger partial charge is 0.453 e. The van der Waals surface area contributed by atoms with Gasteiger partial charge < -0.3 is 15.0 Å². The summed E-state index contributed by atoms with van der Waals surface area (Å²) >= 11 is 9.21. The van der Waals surface area contributed by atoms with E-state index in [1.807, 2.05) is 0 Å². The fourth-order valence-corrected chi connectivity index (χ4v) is 2.60. The number of ether oxygens (including phenoxy) is 1. The quantitative estimate of drug-likeness (QED) is 0.881. The van der Waals surface area contributed by atoms with E-state index in [2.05, 4.69) is 26.0 Å². The van der Waals surface area contributed by atoms with Crippen molar-refractivity contribution in [2.24, 2.45) is 0 Å². The predicted molar refractivity (Wildman–Crippen MR) is 79.0 cm³/mol. The van der Waals surface area contributed by atoms with Crippen LogP contribution in [0.25, 0.3) is 0 Å². The number of likely N-dealkylation sites (tertiary alicyclic amines) is 1. The van der Waals surface area contributed by atoms with Crippen LogP contribution in [0.15, 0.2) is 22.7 Å². The van der Waals surface area contributed by atoms with Gasteiger partial charge in [-0.2, -0.15) is 0 Å². The molecule has 1 aromatic rings. The normalized spacial score (nSPS) is 17.9. The summed E-state index contributed by atoms with van der Waals surface area (Å²) < 4.78 is 5.24. The third-order valence-corrected chi connectivity index (χ3v) is 4.36. The lowest BCUT2D eigenvalue weighted by Crippen LogP contribution is -2.38. The number of carbonyl (C=O) groups is 2. The zero-order valence-corrected chi connectivity index (χ0v) is 13.2. The van der Waals surface area contributed by atoms with Crippen molar-refractivity contribution >= 4 is 39.5 Å². The maximum absolute atomic E-state index is 12.3. The Morgan fingerprint density at radius 3 is 2.90 bits per heavy atom. The van der Waals surface area contributed by atoms with E-state index in [0.29, 0.717) is 28.1 Å². The highest BCUT2D eigenvalue weighted by molar-refractivity contribution is 9.10. The van der Waals surface area contributed by atoms with Gasteiger partial charge in [0.25, 0.3) is 5.91 Å². The lowest BCUT2D eigenvalue weighted by molar-refractivity contribution is 0.0788. The topological polar surface area (TPSA) is 58.6 Å². The Kier molecular flexibility index (Phi) is 4.88. The van der Waals surface area contributed by atoms with Crippen LogP contribution < -0.4 is 5.32 Å². The molecule has 0 saturated carbocycles. The van der Waals surface area contributed by atoms with Crippen molar-refractivity contribution < 1.29 is 14.3 Å². The molecule has 1 aliphatic rings. The Morgan fingerprint density at radius 2 is 2.25 bits per heavy atom. The molecule has 0 aromatic heterocycles. The summed E-state index contributed by atoms with van der Waals surface area (Å²) in [7, 11) is 1.32. The number of rotatable bonds is 2. The van der Waals surface area contributed by atoms with Gasteiger partial charge in [0.05, 0.1) is 18.2 Å². The van der Waals surface area contributed by atoms with E-state index in [9.17, 15) is 9.59 Å². The highest BCUT2D eigenvalue weighted by Gasteiger charge is 2.28. The predicted octanol–water partition coefficient (Wildman–Crippen LogP) is 2.67. The van der Waals surface area contributed by atoms with E-state index in [4.69, 9.17) is 11.6 Å². The van der Waals surface area contributed by atoms with Crippen LogP contribution in [0.3, 0.4) is 0 Å². The van der Waals surface area contributed by atoms with Gasteiger partial charge in [0.15, 0.2) is 0 Å². The lowest BCUT2D eigenvalue weighted by Gasteiger charge is -2.17. The van der Waals surface area contributed by atoms with Crippen molar-refractivity contribution in [1.29, 1.82) is 0 Å². The van der Waals surface area contributed by atoms with E-state index in [0.717, 1.165) is 6.42 Å². The second-order valence-corrected chi connectivity index (χ2v) is 5.76. The molecular formula is C13H14BrClN2O3. The van der Waals surface area contributed by atoms with E-state index in [-0.39, 0.29) is 11.9 Å². The van der Waals surface area contributed by atoms with Crippen molar-refractivity contribution in [2.45, 2.75) is 12.5 Å². The maximum atomic E-state index is 12.3. The SMILES string of the molecule is COC(=O)NC1CCN(C(=O)c2ccc(Cl)c(Br)c2)C1. The summed E-state index contributed by atoms with van der Waals surface area (Å²) in [5, 5.41) is 3.26. The standard InChI is InChI=1S/C13H14BrClN2O3/c1-20-13(19)16-9-4-5-17(7-9)12(18)8-2-3-11(15)10(14)6-8/h2-3,6,9H,4-5,7H2,1H3,(H,16,19). The zero-order chi connectivity index (χ0) is 14.7. The van der Waals surface area contributed by atoms with Gasteiger partial charge in [-0.1, -0.05) is 11.6 Å². The first-order chi connectivity index (χ1) is 9.51. The molecule has 0 spiro atoms. The minimum atomic E-state index is -0.474. The van der Waals surface area contributed by atoms with E-state index in [1.54, 1.807) is 23.1 Å². The minimum absolute atomic E-state index is 0.0675. The highest BCUT2D eigenvalue weighted by Crippen LogP contribution is 2.24. The molecule has 0 aliphatic carbocycles. The van der Waals surface area contributed by atoms with Crippen LogP contribution in [0, 0.1) is 0 Å². The van der Waals surface area contributed by atoms with Crippen LogP contribution >= 0.6 is 27.5 Å². The van der Waals surface area contributed by atoms with Crippen LogP contribution in [0.4, 0.5) is 4.79 Å². The summed E-state index contributed by atoms with van der Waals surface area (Å²) in [5.41, 5.74) is 0.569. The Labute approximate surface area is 130 Å². The number of amides is 2. The second-order valence-electron chi connectivity index (χ2n) is 4.50. The Bertz CT molecular complexity index is 538. The summed E-state index contributed by atoms with van der Waals surface area (Å²) in [6, 6.07) is 5.00. The molecule has 1 aromatic carbocycles. The molecular weight excluding hydrogens is 348 g/mol. The number of nitrogens with zero attached hydrogens (tertiary/aromatic N) is 1. The van der Waals surface area contributed by atoms with Gasteiger partial charge in [-0.15, -0.1) is 0 Å². The third kappa shape index (κ3) is 3.43. The van der Waals surface area contributed by atoms with Gasteiger partial charge in [-0.25, -0.2) is 4.79 Å². The molecule has 0 bridgehead atoms. The zero-order valence-electron chi connectivity index (χ0n) is 10.9. The van der Waals surface area contributed by atoms with Gasteiger partial charge in [0, 0.05) is 23.1 Å². The molecule has 5 nitrogen and oxygen atoms in total. The first-order valence-corrected chi connectivity index (χ1v) is 7.27. The Hall–Kier alpha value is -1.27. The van der Waals surface area contributed by atoms with Crippen LogP contribution in [0.1, 0.15) is 16.8 Å². The molecule has 1 heterocycles. The average molecular weight is 362 g/mol. The van der Waals surface area contributed by atoms with Crippen molar-refractivity contribution in [2.75, 3.05) is 20.2 Å². The van der Waals surface area contributed by atoms with Gasteiger partial charge in [-0.05, 0) is 40.5 Å². The molecule has 1 saturated heterocycles. The smallest absolute Gasteiger partial charge is 0.407 e. The molecule has 108 valence electrons. The minimum Gasteiger partial charge on any atom is -0.453 e. The number of nitrogens with one attached hydrogen (secondary N) is 1. The maximum Gasteiger partial charge on any atom is 0.407 e. The van der Waals surface area contributed by atoms with Gasteiger partial charge >= 0.3 is 6.09 Å². The van der Waals surface area contributed by atoms with Crippen LogP contribution in [-0.2, 0) is 4.74 Å². The molecule has 1 fully saturated rings. The second kappa shape index (κ2) is 6.45. The number of benzene rings is 1. The molecule has 20 heavy (non-hydrogen) atoms. The number of methoxy groups -OCH3 is 1. The van der Waals surface area contributed by atoms with E-state index >= 15 is 0 Å². The number of carbonyl (C=O) groups excluding carboxylic acids is 2. The first-order valence-electron chi connectivity index (χ1n) is 6.10. The first kappa shape index (κ1) is 15.1. The molecule has 2 rings (SSSR count). The summed E-state index contributed by atoms with van der Waals surface area (Å²) in [5.74, 6) is -0.0727. The van der Waals surface area contributed by atoms with Gasteiger partial charge in [-0.3, -0.25) is 4.79 Å². The van der Waals surface area contributed by atoms with E-state index < -0.39 is 6.09 Å². The molecule has 1 aliphatic heterocycles. The summed E-state index contributed by atoms with van der Waals surface area (Å²) in [6.45, 7) is 1.09. The molecule has 1 N–H and O–H groups in total. The highest BCUT2D eigenvalue weighted by atomic mass is 79.9. The Morgan fingerprint density at radius 1 is 1.50 bits per heavy atom. The summed E-state index contributed by atoms with van der Waals surface area (Å²) in [4.78, 5) is 25.2. The monoisotopic (exact) mass is 360 g/mol. The lowest BCUT2D eigenvalue weighted by atomic mass is 10.2. The van der Waals surface area contributed by atoms with Crippen molar-refractivity contribution in [3.05, 3.63) is 33.3 Å². The molecule has 1 unspecified atom stereocenters. The third-order valence-electron chi connectivity index (χ3n) is 3.15.